The zero-order valence-corrected chi connectivity index (χ0v) is 15.7. The molecule has 136 valence electrons. The lowest BCUT2D eigenvalue weighted by Crippen LogP contribution is -2.25. The molecule has 0 spiro atoms. The predicted molar refractivity (Wildman–Crippen MR) is 90.6 cm³/mol. The number of hydrogen-bond donors (Lipinski definition) is 0. The number of carbonyl (C=O) groups excluding carboxylic acids is 2. The van der Waals surface area contributed by atoms with E-state index in [1.165, 1.54) is 0 Å². The maximum Gasteiger partial charge on any atom is 0.163 e. The van der Waals surface area contributed by atoms with Crippen LogP contribution in [0.3, 0.4) is 0 Å². The molecular weight excluding hydrogens is 296 g/mol. The summed E-state index contributed by atoms with van der Waals surface area (Å²) in [6.45, 7) is 14.0. The molecule has 0 rings (SSSR count). The van der Waals surface area contributed by atoms with Gasteiger partial charge in [0.05, 0.1) is 26.4 Å². The molecular formula is C18H34O5. The lowest BCUT2D eigenvalue weighted by Gasteiger charge is -2.16. The molecule has 0 bridgehead atoms. The smallest absolute Gasteiger partial charge is 0.163 e. The van der Waals surface area contributed by atoms with Gasteiger partial charge in [0.15, 0.2) is 5.78 Å². The van der Waals surface area contributed by atoms with Crippen molar-refractivity contribution >= 4 is 11.6 Å². The van der Waals surface area contributed by atoms with Gasteiger partial charge in [0.25, 0.3) is 0 Å². The first-order valence-electron chi connectivity index (χ1n) is 8.35. The monoisotopic (exact) mass is 330 g/mol. The second-order valence-corrected chi connectivity index (χ2v) is 7.73. The van der Waals surface area contributed by atoms with Crippen LogP contribution in [0.2, 0.25) is 0 Å². The molecule has 0 atom stereocenters. The first-order chi connectivity index (χ1) is 10.5. The minimum atomic E-state index is -0.358. The van der Waals surface area contributed by atoms with Crippen LogP contribution in [0.25, 0.3) is 0 Å². The highest BCUT2D eigenvalue weighted by Crippen LogP contribution is 2.17. The van der Waals surface area contributed by atoms with E-state index >= 15 is 0 Å². The van der Waals surface area contributed by atoms with Crippen LogP contribution in [0.1, 0.15) is 54.4 Å². The van der Waals surface area contributed by atoms with Crippen LogP contribution >= 0.6 is 0 Å². The molecule has 0 N–H and O–H groups in total. The third-order valence-electron chi connectivity index (χ3n) is 3.34. The van der Waals surface area contributed by atoms with Gasteiger partial charge in [-0.25, -0.2) is 0 Å². The Kier molecular flexibility index (Phi) is 10.5. The highest BCUT2D eigenvalue weighted by Gasteiger charge is 2.21. The van der Waals surface area contributed by atoms with Gasteiger partial charge in [0.2, 0.25) is 0 Å². The van der Waals surface area contributed by atoms with Gasteiger partial charge in [-0.05, 0) is 6.42 Å². The van der Waals surface area contributed by atoms with Crippen LogP contribution in [-0.2, 0) is 23.8 Å². The molecule has 5 nitrogen and oxygen atoms in total. The van der Waals surface area contributed by atoms with E-state index in [-0.39, 0.29) is 29.0 Å². The van der Waals surface area contributed by atoms with Crippen molar-refractivity contribution < 1.29 is 23.8 Å². The van der Waals surface area contributed by atoms with E-state index in [1.54, 1.807) is 0 Å². The lowest BCUT2D eigenvalue weighted by molar-refractivity contribution is -0.131. The van der Waals surface area contributed by atoms with Crippen molar-refractivity contribution in [1.29, 1.82) is 0 Å². The van der Waals surface area contributed by atoms with Gasteiger partial charge in [-0.15, -0.1) is 0 Å². The van der Waals surface area contributed by atoms with Crippen LogP contribution in [0, 0.1) is 10.8 Å². The minimum absolute atomic E-state index is 0.0886. The van der Waals surface area contributed by atoms with Crippen molar-refractivity contribution in [3.8, 4) is 0 Å². The van der Waals surface area contributed by atoms with E-state index in [9.17, 15) is 9.59 Å². The number of carbonyl (C=O) groups is 2. The molecule has 0 aromatic carbocycles. The van der Waals surface area contributed by atoms with Crippen molar-refractivity contribution in [3.63, 3.8) is 0 Å². The Hall–Kier alpha value is -0.780. The van der Waals surface area contributed by atoms with Crippen LogP contribution in [0.4, 0.5) is 0 Å². The van der Waals surface area contributed by atoms with Gasteiger partial charge in [-0.1, -0.05) is 41.5 Å². The summed E-state index contributed by atoms with van der Waals surface area (Å²) in [5.41, 5.74) is -0.624. The summed E-state index contributed by atoms with van der Waals surface area (Å²) in [4.78, 5) is 23.3. The number of ketones is 2. The second-order valence-electron chi connectivity index (χ2n) is 7.73. The van der Waals surface area contributed by atoms with Crippen LogP contribution in [0.5, 0.6) is 0 Å². The van der Waals surface area contributed by atoms with E-state index < -0.39 is 0 Å². The zero-order valence-electron chi connectivity index (χ0n) is 15.7. The minimum Gasteiger partial charge on any atom is -0.379 e. The highest BCUT2D eigenvalue weighted by molar-refractivity contribution is 5.84. The number of Topliss-reactive ketones (excluding diaryl/α,β-unsaturated/α-hetero) is 2. The molecule has 0 aliphatic heterocycles. The van der Waals surface area contributed by atoms with Gasteiger partial charge in [0, 0.05) is 23.9 Å². The quantitative estimate of drug-likeness (QED) is 0.515. The fourth-order valence-corrected chi connectivity index (χ4v) is 1.53. The predicted octanol–water partition coefficient (Wildman–Crippen LogP) is 3.05. The summed E-state index contributed by atoms with van der Waals surface area (Å²) in [5, 5.41) is 0. The second kappa shape index (κ2) is 10.9. The van der Waals surface area contributed by atoms with E-state index in [4.69, 9.17) is 14.2 Å². The Morgan fingerprint density at radius 1 is 0.652 bits per heavy atom. The molecule has 0 saturated heterocycles. The molecule has 5 heteroatoms. The molecule has 0 radical (unpaired) electrons. The molecule has 0 aliphatic carbocycles. The van der Waals surface area contributed by atoms with Gasteiger partial charge >= 0.3 is 0 Å². The van der Waals surface area contributed by atoms with Crippen molar-refractivity contribution in [2.24, 2.45) is 10.8 Å². The number of rotatable bonds is 12. The molecule has 0 amide bonds. The van der Waals surface area contributed by atoms with Gasteiger partial charge in [-0.3, -0.25) is 9.59 Å². The Balaban J connectivity index is 3.35. The Morgan fingerprint density at radius 3 is 1.57 bits per heavy atom. The molecule has 0 aliphatic rings. The number of hydrogen-bond acceptors (Lipinski definition) is 5. The van der Waals surface area contributed by atoms with Gasteiger partial charge in [0.1, 0.15) is 12.4 Å². The first kappa shape index (κ1) is 22.2. The Morgan fingerprint density at radius 2 is 1.09 bits per heavy atom. The molecule has 0 fully saturated rings. The maximum absolute atomic E-state index is 11.7. The number of ether oxygens (including phenoxy) is 3. The maximum atomic E-state index is 11.7. The Labute approximate surface area is 141 Å². The average molecular weight is 330 g/mol. The fraction of sp³-hybridized carbons (Fsp3) is 0.889. The fourth-order valence-electron chi connectivity index (χ4n) is 1.53. The molecule has 0 aromatic rings. The third-order valence-corrected chi connectivity index (χ3v) is 3.34. The van der Waals surface area contributed by atoms with E-state index in [0.717, 1.165) is 6.42 Å². The first-order valence-corrected chi connectivity index (χ1v) is 8.35. The topological polar surface area (TPSA) is 61.8 Å². The molecule has 0 aromatic heterocycles. The summed E-state index contributed by atoms with van der Waals surface area (Å²) in [6, 6.07) is 0. The SMILES string of the molecule is CC(C)(C)C(=O)CCCOCCOCCOCC(=O)C(C)(C)C. The largest absolute Gasteiger partial charge is 0.379 e. The zero-order chi connectivity index (χ0) is 17.9. The summed E-state index contributed by atoms with van der Waals surface area (Å²) < 4.78 is 16.0. The molecule has 0 heterocycles. The van der Waals surface area contributed by atoms with E-state index in [1.807, 2.05) is 41.5 Å². The van der Waals surface area contributed by atoms with Crippen LogP contribution in [0.15, 0.2) is 0 Å². The molecule has 0 saturated carbocycles. The van der Waals surface area contributed by atoms with Crippen molar-refractivity contribution in [1.82, 2.24) is 0 Å². The normalized spacial score (nSPS) is 12.4. The van der Waals surface area contributed by atoms with Crippen molar-refractivity contribution in [3.05, 3.63) is 0 Å². The summed E-state index contributed by atoms with van der Waals surface area (Å²) in [5.74, 6) is 0.352. The summed E-state index contributed by atoms with van der Waals surface area (Å²) >= 11 is 0. The standard InChI is InChI=1S/C18H34O5/c1-17(2,3)15(19)8-7-9-21-10-11-22-12-13-23-14-16(20)18(4,5)6/h7-14H2,1-6H3. The van der Waals surface area contributed by atoms with Crippen molar-refractivity contribution in [2.45, 2.75) is 54.4 Å². The van der Waals surface area contributed by atoms with E-state index in [0.29, 0.717) is 39.5 Å². The average Bonchev–Trinajstić information content (AvgIpc) is 2.42. The molecule has 23 heavy (non-hydrogen) atoms. The highest BCUT2D eigenvalue weighted by atomic mass is 16.5. The van der Waals surface area contributed by atoms with Crippen LogP contribution < -0.4 is 0 Å². The van der Waals surface area contributed by atoms with Crippen LogP contribution in [-0.4, -0.2) is 51.2 Å². The summed E-state index contributed by atoms with van der Waals surface area (Å²) in [7, 11) is 0. The third kappa shape index (κ3) is 12.3. The summed E-state index contributed by atoms with van der Waals surface area (Å²) in [6.07, 6.45) is 1.30. The Bertz CT molecular complexity index is 315. The molecule has 0 unspecified atom stereocenters. The van der Waals surface area contributed by atoms with Crippen molar-refractivity contribution in [2.75, 3.05) is 39.6 Å². The van der Waals surface area contributed by atoms with Gasteiger partial charge in [-0.2, -0.15) is 0 Å². The van der Waals surface area contributed by atoms with Gasteiger partial charge < -0.3 is 14.2 Å². The lowest BCUT2D eigenvalue weighted by atomic mass is 9.88. The van der Waals surface area contributed by atoms with E-state index in [2.05, 4.69) is 0 Å².